The number of benzene rings is 1. The predicted octanol–water partition coefficient (Wildman–Crippen LogP) is 3.73. The molecule has 1 heterocycles. The van der Waals surface area contributed by atoms with E-state index in [0.29, 0.717) is 0 Å². The fraction of sp³-hybridized carbons (Fsp3) is 0.562. The number of aryl methyl sites for hydroxylation is 3. The number of aliphatic hydroxyl groups is 1. The summed E-state index contributed by atoms with van der Waals surface area (Å²) in [7, 11) is 0. The summed E-state index contributed by atoms with van der Waals surface area (Å²) in [5, 5.41) is 9.48. The molecule has 0 bridgehead atoms. The molecule has 0 aliphatic rings. The highest BCUT2D eigenvalue weighted by Gasteiger charge is 2.10. The molecule has 2 rings (SSSR count). The minimum absolute atomic E-state index is 0.0144. The molecule has 1 N–H and O–H groups in total. The zero-order valence-electron chi connectivity index (χ0n) is 12.2. The van der Waals surface area contributed by atoms with Crippen molar-refractivity contribution in [1.82, 2.24) is 9.55 Å². The molecule has 1 aromatic carbocycles. The molecule has 19 heavy (non-hydrogen) atoms. The second-order valence-electron chi connectivity index (χ2n) is 5.32. The molecular formula is C16H24N2O. The van der Waals surface area contributed by atoms with Crippen LogP contribution in [0.15, 0.2) is 12.1 Å². The van der Waals surface area contributed by atoms with Crippen LogP contribution in [0.2, 0.25) is 0 Å². The van der Waals surface area contributed by atoms with Crippen LogP contribution in [0.25, 0.3) is 11.0 Å². The van der Waals surface area contributed by atoms with E-state index >= 15 is 0 Å². The molecule has 0 saturated carbocycles. The molecule has 0 unspecified atom stereocenters. The third-order valence-electron chi connectivity index (χ3n) is 3.82. The third-order valence-corrected chi connectivity index (χ3v) is 3.82. The number of hydrogen-bond acceptors (Lipinski definition) is 2. The maximum atomic E-state index is 9.48. The largest absolute Gasteiger partial charge is 0.388 e. The van der Waals surface area contributed by atoms with E-state index in [9.17, 15) is 5.11 Å². The standard InChI is InChI=1S/C16H24N2O/c1-4-5-6-7-8-18-15-10-13(3)12(2)9-14(15)17-16(18)11-19/h9-10,19H,4-8,11H2,1-3H3. The first-order valence-corrected chi connectivity index (χ1v) is 7.24. The van der Waals surface area contributed by atoms with Crippen molar-refractivity contribution in [3.63, 3.8) is 0 Å². The molecule has 3 nitrogen and oxygen atoms in total. The van der Waals surface area contributed by atoms with Gasteiger partial charge in [-0.1, -0.05) is 26.2 Å². The fourth-order valence-electron chi connectivity index (χ4n) is 2.50. The van der Waals surface area contributed by atoms with Crippen molar-refractivity contribution in [2.45, 2.75) is 59.6 Å². The number of aliphatic hydroxyl groups excluding tert-OH is 1. The van der Waals surface area contributed by atoms with Crippen LogP contribution >= 0.6 is 0 Å². The monoisotopic (exact) mass is 260 g/mol. The lowest BCUT2D eigenvalue weighted by Crippen LogP contribution is -2.04. The molecule has 0 saturated heterocycles. The van der Waals surface area contributed by atoms with Gasteiger partial charge in [0.2, 0.25) is 0 Å². The predicted molar refractivity (Wildman–Crippen MR) is 79.3 cm³/mol. The highest BCUT2D eigenvalue weighted by Crippen LogP contribution is 2.21. The number of unbranched alkanes of at least 4 members (excludes halogenated alkanes) is 3. The Kier molecular flexibility index (Phi) is 4.59. The van der Waals surface area contributed by atoms with Crippen LogP contribution in [-0.2, 0) is 13.2 Å². The summed E-state index contributed by atoms with van der Waals surface area (Å²) in [6, 6.07) is 4.31. The average Bonchev–Trinajstić information content (AvgIpc) is 2.73. The molecule has 1 aromatic heterocycles. The van der Waals surface area contributed by atoms with Crippen molar-refractivity contribution in [3.05, 3.63) is 29.1 Å². The first kappa shape index (κ1) is 14.1. The van der Waals surface area contributed by atoms with Gasteiger partial charge >= 0.3 is 0 Å². The van der Waals surface area contributed by atoms with Crippen molar-refractivity contribution in [3.8, 4) is 0 Å². The zero-order chi connectivity index (χ0) is 13.8. The molecule has 0 aliphatic carbocycles. The Balaban J connectivity index is 2.31. The van der Waals surface area contributed by atoms with E-state index in [-0.39, 0.29) is 6.61 Å². The van der Waals surface area contributed by atoms with Crippen LogP contribution in [0.4, 0.5) is 0 Å². The number of rotatable bonds is 6. The van der Waals surface area contributed by atoms with E-state index in [0.717, 1.165) is 29.8 Å². The number of imidazole rings is 1. The number of nitrogens with zero attached hydrogens (tertiary/aromatic N) is 2. The van der Waals surface area contributed by atoms with Gasteiger partial charge < -0.3 is 9.67 Å². The van der Waals surface area contributed by atoms with Crippen molar-refractivity contribution >= 4 is 11.0 Å². The van der Waals surface area contributed by atoms with Crippen LogP contribution in [-0.4, -0.2) is 14.7 Å². The van der Waals surface area contributed by atoms with Crippen LogP contribution in [0.3, 0.4) is 0 Å². The molecule has 2 aromatic rings. The molecule has 0 fully saturated rings. The quantitative estimate of drug-likeness (QED) is 0.804. The Labute approximate surface area is 115 Å². The SMILES string of the molecule is CCCCCCn1c(CO)nc2cc(C)c(C)cc21. The topological polar surface area (TPSA) is 38.0 Å². The van der Waals surface area contributed by atoms with Crippen LogP contribution in [0.1, 0.15) is 49.6 Å². The summed E-state index contributed by atoms with van der Waals surface area (Å²) < 4.78 is 2.18. The minimum atomic E-state index is 0.0144. The highest BCUT2D eigenvalue weighted by molar-refractivity contribution is 5.78. The smallest absolute Gasteiger partial charge is 0.135 e. The van der Waals surface area contributed by atoms with E-state index in [1.807, 2.05) is 0 Å². The van der Waals surface area contributed by atoms with Gasteiger partial charge in [0, 0.05) is 6.54 Å². The van der Waals surface area contributed by atoms with Gasteiger partial charge in [0.1, 0.15) is 12.4 Å². The van der Waals surface area contributed by atoms with Gasteiger partial charge in [-0.2, -0.15) is 0 Å². The van der Waals surface area contributed by atoms with E-state index in [4.69, 9.17) is 0 Å². The van der Waals surface area contributed by atoms with Crippen molar-refractivity contribution < 1.29 is 5.11 Å². The molecule has 0 atom stereocenters. The summed E-state index contributed by atoms with van der Waals surface area (Å²) in [5.41, 5.74) is 4.70. The summed E-state index contributed by atoms with van der Waals surface area (Å²) in [4.78, 5) is 4.54. The third kappa shape index (κ3) is 2.98. The molecule has 3 heteroatoms. The average molecular weight is 260 g/mol. The van der Waals surface area contributed by atoms with Crippen LogP contribution < -0.4 is 0 Å². The molecule has 0 amide bonds. The number of aromatic nitrogens is 2. The Morgan fingerprint density at radius 2 is 1.84 bits per heavy atom. The minimum Gasteiger partial charge on any atom is -0.388 e. The van der Waals surface area contributed by atoms with Crippen molar-refractivity contribution in [2.75, 3.05) is 0 Å². The Morgan fingerprint density at radius 3 is 2.53 bits per heavy atom. The summed E-state index contributed by atoms with van der Waals surface area (Å²) >= 11 is 0. The summed E-state index contributed by atoms with van der Waals surface area (Å²) in [5.74, 6) is 0.788. The van der Waals surface area contributed by atoms with E-state index in [1.165, 1.54) is 30.4 Å². The number of fused-ring (bicyclic) bond motifs is 1. The zero-order valence-corrected chi connectivity index (χ0v) is 12.2. The fourth-order valence-corrected chi connectivity index (χ4v) is 2.50. The molecule has 0 radical (unpaired) electrons. The molecule has 0 aliphatic heterocycles. The molecule has 104 valence electrons. The maximum absolute atomic E-state index is 9.48. The maximum Gasteiger partial charge on any atom is 0.135 e. The van der Waals surface area contributed by atoms with Gasteiger partial charge in [-0.3, -0.25) is 0 Å². The summed E-state index contributed by atoms with van der Waals surface area (Å²) in [6.07, 6.45) is 4.92. The van der Waals surface area contributed by atoms with E-state index in [2.05, 4.69) is 42.5 Å². The second kappa shape index (κ2) is 6.20. The molecule has 0 spiro atoms. The lowest BCUT2D eigenvalue weighted by molar-refractivity contribution is 0.265. The van der Waals surface area contributed by atoms with Gasteiger partial charge in [0.15, 0.2) is 0 Å². The van der Waals surface area contributed by atoms with Crippen LogP contribution in [0.5, 0.6) is 0 Å². The first-order chi connectivity index (χ1) is 9.17. The Morgan fingerprint density at radius 1 is 1.11 bits per heavy atom. The summed E-state index contributed by atoms with van der Waals surface area (Å²) in [6.45, 7) is 7.42. The lowest BCUT2D eigenvalue weighted by atomic mass is 10.1. The normalized spacial score (nSPS) is 11.4. The number of hydrogen-bond donors (Lipinski definition) is 1. The van der Waals surface area contributed by atoms with Crippen molar-refractivity contribution in [1.29, 1.82) is 0 Å². The van der Waals surface area contributed by atoms with Crippen LogP contribution in [0, 0.1) is 13.8 Å². The highest BCUT2D eigenvalue weighted by atomic mass is 16.3. The van der Waals surface area contributed by atoms with Gasteiger partial charge in [-0.15, -0.1) is 0 Å². The van der Waals surface area contributed by atoms with E-state index in [1.54, 1.807) is 0 Å². The van der Waals surface area contributed by atoms with E-state index < -0.39 is 0 Å². The Hall–Kier alpha value is -1.35. The van der Waals surface area contributed by atoms with Gasteiger partial charge in [-0.05, 0) is 43.5 Å². The first-order valence-electron chi connectivity index (χ1n) is 7.24. The second-order valence-corrected chi connectivity index (χ2v) is 5.32. The lowest BCUT2D eigenvalue weighted by Gasteiger charge is -2.08. The van der Waals surface area contributed by atoms with Gasteiger partial charge in [0.05, 0.1) is 11.0 Å². The van der Waals surface area contributed by atoms with Gasteiger partial charge in [0.25, 0.3) is 0 Å². The van der Waals surface area contributed by atoms with Gasteiger partial charge in [-0.25, -0.2) is 4.98 Å². The Bertz CT molecular complexity index is 557. The van der Waals surface area contributed by atoms with Crippen molar-refractivity contribution in [2.24, 2.45) is 0 Å². The molecular weight excluding hydrogens is 236 g/mol.